The van der Waals surface area contributed by atoms with Crippen LogP contribution in [-0.2, 0) is 0 Å². The summed E-state index contributed by atoms with van der Waals surface area (Å²) in [5.74, 6) is -2.22. The fourth-order valence-electron chi connectivity index (χ4n) is 1.28. The molecule has 0 heterocycles. The second-order valence-electron chi connectivity index (χ2n) is 3.73. The summed E-state index contributed by atoms with van der Waals surface area (Å²) in [4.78, 5) is 21.7. The van der Waals surface area contributed by atoms with E-state index in [1.165, 1.54) is 18.2 Å². The van der Waals surface area contributed by atoms with Crippen molar-refractivity contribution in [3.05, 3.63) is 29.3 Å². The summed E-state index contributed by atoms with van der Waals surface area (Å²) in [7, 11) is 0. The molecule has 6 heteroatoms. The molecule has 6 nitrogen and oxygen atoms in total. The molecular formula is C11H14N2O4. The first kappa shape index (κ1) is 13.0. The number of hydrogen-bond acceptors (Lipinski definition) is 4. The molecule has 0 aromatic heterocycles. The Hall–Kier alpha value is -2.08. The molecule has 0 saturated carbocycles. The molecule has 1 unspecified atom stereocenters. The summed E-state index contributed by atoms with van der Waals surface area (Å²) in [5.41, 5.74) is 5.85. The maximum Gasteiger partial charge on any atom is 0.337 e. The van der Waals surface area contributed by atoms with Crippen LogP contribution in [0.2, 0.25) is 0 Å². The average Bonchev–Trinajstić information content (AvgIpc) is 2.25. The Balaban J connectivity index is 3.07. The lowest BCUT2D eigenvalue weighted by Gasteiger charge is -2.12. The molecule has 0 aliphatic heterocycles. The maximum absolute atomic E-state index is 10.9. The van der Waals surface area contributed by atoms with E-state index in [0.717, 1.165) is 0 Å². The second kappa shape index (κ2) is 5.31. The highest BCUT2D eigenvalue weighted by Crippen LogP contribution is 2.18. The van der Waals surface area contributed by atoms with E-state index in [2.05, 4.69) is 5.32 Å². The molecule has 0 saturated heterocycles. The lowest BCUT2D eigenvalue weighted by Crippen LogP contribution is -2.26. The number of hydrogen-bond donors (Lipinski definition) is 4. The second-order valence-corrected chi connectivity index (χ2v) is 3.73. The van der Waals surface area contributed by atoms with Crippen molar-refractivity contribution in [3.63, 3.8) is 0 Å². The number of benzene rings is 1. The Morgan fingerprint density at radius 3 is 2.47 bits per heavy atom. The van der Waals surface area contributed by atoms with Gasteiger partial charge in [-0.1, -0.05) is 0 Å². The van der Waals surface area contributed by atoms with Gasteiger partial charge >= 0.3 is 11.9 Å². The van der Waals surface area contributed by atoms with Crippen molar-refractivity contribution in [2.24, 2.45) is 5.73 Å². The van der Waals surface area contributed by atoms with Gasteiger partial charge in [0.1, 0.15) is 0 Å². The largest absolute Gasteiger partial charge is 0.478 e. The Labute approximate surface area is 98.1 Å². The predicted octanol–water partition coefficient (Wildman–Crippen LogP) is 0.842. The van der Waals surface area contributed by atoms with Crippen LogP contribution in [0, 0.1) is 0 Å². The number of carboxylic acids is 2. The molecule has 17 heavy (non-hydrogen) atoms. The smallest absolute Gasteiger partial charge is 0.337 e. The number of anilines is 1. The highest BCUT2D eigenvalue weighted by atomic mass is 16.4. The molecule has 0 bridgehead atoms. The minimum absolute atomic E-state index is 0.0238. The molecule has 0 aliphatic rings. The predicted molar refractivity (Wildman–Crippen MR) is 62.5 cm³/mol. The van der Waals surface area contributed by atoms with Gasteiger partial charge in [0, 0.05) is 18.3 Å². The van der Waals surface area contributed by atoms with Gasteiger partial charge in [0.2, 0.25) is 0 Å². The van der Waals surface area contributed by atoms with Crippen molar-refractivity contribution in [1.29, 1.82) is 0 Å². The number of nitrogens with two attached hydrogens (primary N) is 1. The third-order valence-corrected chi connectivity index (χ3v) is 2.11. The van der Waals surface area contributed by atoms with Crippen LogP contribution < -0.4 is 11.1 Å². The van der Waals surface area contributed by atoms with E-state index < -0.39 is 11.9 Å². The summed E-state index contributed by atoms with van der Waals surface area (Å²) >= 11 is 0. The van der Waals surface area contributed by atoms with Crippen molar-refractivity contribution >= 4 is 17.6 Å². The Kier molecular flexibility index (Phi) is 4.06. The van der Waals surface area contributed by atoms with Gasteiger partial charge in [0.25, 0.3) is 0 Å². The molecular weight excluding hydrogens is 224 g/mol. The molecule has 1 aromatic carbocycles. The van der Waals surface area contributed by atoms with E-state index in [9.17, 15) is 9.59 Å². The summed E-state index contributed by atoms with van der Waals surface area (Å²) in [5, 5.41) is 20.6. The van der Waals surface area contributed by atoms with Crippen LogP contribution in [0.15, 0.2) is 18.2 Å². The van der Waals surface area contributed by atoms with Crippen LogP contribution in [0.25, 0.3) is 0 Å². The van der Waals surface area contributed by atoms with Crippen LogP contribution in [0.4, 0.5) is 5.69 Å². The van der Waals surface area contributed by atoms with E-state index in [1.807, 2.05) is 0 Å². The normalized spacial score (nSPS) is 11.9. The summed E-state index contributed by atoms with van der Waals surface area (Å²) < 4.78 is 0. The Morgan fingerprint density at radius 2 is 2.00 bits per heavy atom. The summed E-state index contributed by atoms with van der Waals surface area (Å²) in [6.45, 7) is 2.12. The quantitative estimate of drug-likeness (QED) is 0.604. The number of carbonyl (C=O) groups is 2. The molecule has 0 amide bonds. The third-order valence-electron chi connectivity index (χ3n) is 2.11. The molecule has 1 aromatic rings. The molecule has 0 spiro atoms. The number of aromatic carboxylic acids is 2. The third kappa shape index (κ3) is 3.46. The highest BCUT2D eigenvalue weighted by Gasteiger charge is 2.13. The van der Waals surface area contributed by atoms with Crippen molar-refractivity contribution < 1.29 is 19.8 Å². The van der Waals surface area contributed by atoms with Crippen LogP contribution in [-0.4, -0.2) is 34.7 Å². The Bertz CT molecular complexity index is 443. The fraction of sp³-hybridized carbons (Fsp3) is 0.273. The van der Waals surface area contributed by atoms with Crippen molar-refractivity contribution in [1.82, 2.24) is 0 Å². The zero-order chi connectivity index (χ0) is 13.0. The number of rotatable bonds is 5. The fourth-order valence-corrected chi connectivity index (χ4v) is 1.28. The zero-order valence-electron chi connectivity index (χ0n) is 9.30. The molecule has 0 radical (unpaired) electrons. The van der Waals surface area contributed by atoms with Gasteiger partial charge in [-0.05, 0) is 25.1 Å². The van der Waals surface area contributed by atoms with Gasteiger partial charge in [-0.15, -0.1) is 0 Å². The minimum atomic E-state index is -1.12. The van der Waals surface area contributed by atoms with E-state index >= 15 is 0 Å². The van der Waals surface area contributed by atoms with Crippen molar-refractivity contribution in [2.75, 3.05) is 11.9 Å². The topological polar surface area (TPSA) is 113 Å². The molecule has 5 N–H and O–H groups in total. The van der Waals surface area contributed by atoms with E-state index in [1.54, 1.807) is 6.92 Å². The van der Waals surface area contributed by atoms with Crippen LogP contribution >= 0.6 is 0 Å². The van der Waals surface area contributed by atoms with Crippen LogP contribution in [0.3, 0.4) is 0 Å². The van der Waals surface area contributed by atoms with Crippen molar-refractivity contribution in [3.8, 4) is 0 Å². The van der Waals surface area contributed by atoms with E-state index in [4.69, 9.17) is 15.9 Å². The molecule has 0 aliphatic carbocycles. The van der Waals surface area contributed by atoms with Crippen LogP contribution in [0.5, 0.6) is 0 Å². The number of nitrogens with one attached hydrogen (secondary N) is 1. The van der Waals surface area contributed by atoms with Crippen LogP contribution in [0.1, 0.15) is 27.6 Å². The molecule has 1 atom stereocenters. The van der Waals surface area contributed by atoms with E-state index in [-0.39, 0.29) is 22.9 Å². The van der Waals surface area contributed by atoms with Gasteiger partial charge in [-0.2, -0.15) is 0 Å². The SMILES string of the molecule is CC(N)CNc1cc(C(=O)O)ccc1C(=O)O. The monoisotopic (exact) mass is 238 g/mol. The van der Waals surface area contributed by atoms with Gasteiger partial charge in [-0.25, -0.2) is 9.59 Å². The minimum Gasteiger partial charge on any atom is -0.478 e. The molecule has 92 valence electrons. The zero-order valence-corrected chi connectivity index (χ0v) is 9.30. The van der Waals surface area contributed by atoms with Crippen molar-refractivity contribution in [2.45, 2.75) is 13.0 Å². The molecule has 0 fully saturated rings. The summed E-state index contributed by atoms with van der Waals surface area (Å²) in [6, 6.07) is 3.64. The first-order valence-electron chi connectivity index (χ1n) is 5.02. The Morgan fingerprint density at radius 1 is 1.35 bits per heavy atom. The first-order chi connectivity index (χ1) is 7.91. The molecule has 1 rings (SSSR count). The highest BCUT2D eigenvalue weighted by molar-refractivity contribution is 5.97. The lowest BCUT2D eigenvalue weighted by atomic mass is 10.1. The van der Waals surface area contributed by atoms with Gasteiger partial charge < -0.3 is 21.3 Å². The lowest BCUT2D eigenvalue weighted by molar-refractivity contribution is 0.0682. The summed E-state index contributed by atoms with van der Waals surface area (Å²) in [6.07, 6.45) is 0. The number of carboxylic acid groups (broad SMARTS) is 2. The average molecular weight is 238 g/mol. The standard InChI is InChI=1S/C11H14N2O4/c1-6(12)5-13-9-4-7(10(14)15)2-3-8(9)11(16)17/h2-4,6,13H,5,12H2,1H3,(H,14,15)(H,16,17). The maximum atomic E-state index is 10.9. The van der Waals surface area contributed by atoms with Gasteiger partial charge in [0.15, 0.2) is 0 Å². The van der Waals surface area contributed by atoms with Gasteiger partial charge in [0.05, 0.1) is 11.1 Å². The first-order valence-corrected chi connectivity index (χ1v) is 5.02. The van der Waals surface area contributed by atoms with E-state index in [0.29, 0.717) is 6.54 Å². The van der Waals surface area contributed by atoms with Gasteiger partial charge in [-0.3, -0.25) is 0 Å².